The first-order valence-corrected chi connectivity index (χ1v) is 9.17. The summed E-state index contributed by atoms with van der Waals surface area (Å²) in [6.07, 6.45) is 5.77. The highest BCUT2D eigenvalue weighted by Gasteiger charge is 2.72. The predicted molar refractivity (Wildman–Crippen MR) is 82.2 cm³/mol. The molecule has 5 nitrogen and oxygen atoms in total. The highest BCUT2D eigenvalue weighted by Crippen LogP contribution is 2.65. The molecule has 1 aliphatic carbocycles. The number of carbonyl (C=O) groups is 2. The first-order chi connectivity index (χ1) is 9.98. The normalized spacial score (nSPS) is 44.0. The van der Waals surface area contributed by atoms with Crippen molar-refractivity contribution >= 4 is 33.4 Å². The quantitative estimate of drug-likeness (QED) is 0.732. The van der Waals surface area contributed by atoms with Crippen LogP contribution in [0.4, 0.5) is 0 Å². The highest BCUT2D eigenvalue weighted by molar-refractivity contribution is 8.78. The second-order valence-electron chi connectivity index (χ2n) is 5.87. The second-order valence-corrected chi connectivity index (χ2v) is 8.55. The molecule has 4 saturated heterocycles. The Kier molecular flexibility index (Phi) is 2.67. The zero-order valence-corrected chi connectivity index (χ0v) is 13.4. The maximum absolute atomic E-state index is 13.1. The van der Waals surface area contributed by atoms with Crippen LogP contribution in [0.25, 0.3) is 0 Å². The summed E-state index contributed by atoms with van der Waals surface area (Å²) < 4.78 is 0. The van der Waals surface area contributed by atoms with Gasteiger partial charge in [0.2, 0.25) is 0 Å². The molecule has 0 radical (unpaired) electrons. The van der Waals surface area contributed by atoms with Crippen molar-refractivity contribution < 1.29 is 14.7 Å². The Morgan fingerprint density at radius 2 is 2.14 bits per heavy atom. The first kappa shape index (κ1) is 13.7. The first-order valence-electron chi connectivity index (χ1n) is 7.02. The molecular formula is C14H16N2O3S2. The Morgan fingerprint density at radius 3 is 2.86 bits per heavy atom. The number of likely N-dealkylation sites (N-methyl/N-ethyl adjacent to an activating group) is 1. The van der Waals surface area contributed by atoms with Crippen molar-refractivity contribution in [2.45, 2.75) is 41.7 Å². The second kappa shape index (κ2) is 4.08. The molecule has 0 unspecified atom stereocenters. The van der Waals surface area contributed by atoms with Crippen LogP contribution in [0, 0.1) is 0 Å². The molecule has 4 heterocycles. The van der Waals surface area contributed by atoms with Crippen LogP contribution in [-0.4, -0.2) is 55.7 Å². The standard InChI is InChI=1S/C14H16N2O3S2/c1-3-13-12(19)16-10-8(5-4-6-9(10)17)7-14(16,21-20-13)11(18)15(13)2/h4-6,9-10,17H,3,7H2,1-2H3/t9-,10-,13-,14+/m0/s1. The Morgan fingerprint density at radius 1 is 1.38 bits per heavy atom. The lowest BCUT2D eigenvalue weighted by atomic mass is 9.97. The van der Waals surface area contributed by atoms with E-state index in [2.05, 4.69) is 0 Å². The number of rotatable bonds is 1. The number of piperazine rings is 1. The molecule has 21 heavy (non-hydrogen) atoms. The van der Waals surface area contributed by atoms with E-state index in [-0.39, 0.29) is 17.9 Å². The predicted octanol–water partition coefficient (Wildman–Crippen LogP) is 1.11. The largest absolute Gasteiger partial charge is 0.387 e. The fourth-order valence-corrected chi connectivity index (χ4v) is 7.62. The molecular weight excluding hydrogens is 308 g/mol. The number of hydrogen-bond donors (Lipinski definition) is 1. The Bertz CT molecular complexity index is 619. The number of carbonyl (C=O) groups excluding carboxylic acids is 2. The maximum atomic E-state index is 13.1. The smallest absolute Gasteiger partial charge is 0.262 e. The Balaban J connectivity index is 1.90. The van der Waals surface area contributed by atoms with Crippen LogP contribution in [0.15, 0.2) is 23.8 Å². The number of hydrogen-bond acceptors (Lipinski definition) is 5. The number of aliphatic hydroxyl groups is 1. The van der Waals surface area contributed by atoms with E-state index in [1.165, 1.54) is 21.6 Å². The van der Waals surface area contributed by atoms with Crippen molar-refractivity contribution in [3.05, 3.63) is 23.8 Å². The molecule has 0 aromatic rings. The molecule has 1 N–H and O–H groups in total. The lowest BCUT2D eigenvalue weighted by Gasteiger charge is -2.58. The summed E-state index contributed by atoms with van der Waals surface area (Å²) in [6.45, 7) is 1.93. The van der Waals surface area contributed by atoms with Gasteiger partial charge < -0.3 is 14.9 Å². The number of nitrogens with zero attached hydrogens (tertiary/aromatic N) is 2. The summed E-state index contributed by atoms with van der Waals surface area (Å²) in [5, 5.41) is 10.3. The minimum atomic E-state index is -0.878. The molecule has 4 atom stereocenters. The van der Waals surface area contributed by atoms with Gasteiger partial charge in [-0.05, 0) is 12.0 Å². The third kappa shape index (κ3) is 1.36. The van der Waals surface area contributed by atoms with Gasteiger partial charge in [-0.15, -0.1) is 0 Å². The number of aliphatic hydroxyl groups excluding tert-OH is 1. The molecule has 0 aromatic heterocycles. The van der Waals surface area contributed by atoms with Crippen LogP contribution in [0.3, 0.4) is 0 Å². The summed E-state index contributed by atoms with van der Waals surface area (Å²) in [4.78, 5) is 27.6. The number of allylic oxidation sites excluding steroid dienone is 2. The number of amides is 2. The van der Waals surface area contributed by atoms with Crippen molar-refractivity contribution in [3.8, 4) is 0 Å². The SMILES string of the molecule is CC[C@]12SS[C@]3(CC4=CC=C[C@H](O)[C@H]4N3C1=O)C(=O)N2C. The molecule has 2 amide bonds. The van der Waals surface area contributed by atoms with Crippen molar-refractivity contribution in [3.63, 3.8) is 0 Å². The summed E-state index contributed by atoms with van der Waals surface area (Å²) in [7, 11) is 4.71. The summed E-state index contributed by atoms with van der Waals surface area (Å²) in [6, 6.07) is -0.389. The lowest BCUT2D eigenvalue weighted by Crippen LogP contribution is -2.76. The van der Waals surface area contributed by atoms with Crippen LogP contribution in [0.2, 0.25) is 0 Å². The van der Waals surface area contributed by atoms with E-state index >= 15 is 0 Å². The van der Waals surface area contributed by atoms with Gasteiger partial charge in [-0.2, -0.15) is 0 Å². The molecule has 0 aromatic carbocycles. The average Bonchev–Trinajstić information content (AvgIpc) is 2.83. The van der Waals surface area contributed by atoms with Crippen LogP contribution in [0.1, 0.15) is 19.8 Å². The van der Waals surface area contributed by atoms with Gasteiger partial charge in [0.25, 0.3) is 11.8 Å². The van der Waals surface area contributed by atoms with E-state index in [4.69, 9.17) is 0 Å². The number of fused-ring (bicyclic) bond motifs is 3. The average molecular weight is 324 g/mol. The fourth-order valence-electron chi connectivity index (χ4n) is 3.79. The molecule has 5 aliphatic rings. The summed E-state index contributed by atoms with van der Waals surface area (Å²) >= 11 is 0. The van der Waals surface area contributed by atoms with Gasteiger partial charge in [0, 0.05) is 13.5 Å². The van der Waals surface area contributed by atoms with Crippen molar-refractivity contribution in [2.24, 2.45) is 0 Å². The van der Waals surface area contributed by atoms with Crippen molar-refractivity contribution in [1.82, 2.24) is 9.80 Å². The van der Waals surface area contributed by atoms with Gasteiger partial charge in [0.1, 0.15) is 0 Å². The minimum Gasteiger partial charge on any atom is -0.387 e. The summed E-state index contributed by atoms with van der Waals surface area (Å²) in [5.74, 6) is -0.0613. The third-order valence-corrected chi connectivity index (χ3v) is 8.76. The van der Waals surface area contributed by atoms with E-state index < -0.39 is 15.8 Å². The van der Waals surface area contributed by atoms with E-state index in [0.29, 0.717) is 12.8 Å². The molecule has 4 fully saturated rings. The zero-order chi connectivity index (χ0) is 15.0. The zero-order valence-electron chi connectivity index (χ0n) is 11.8. The van der Waals surface area contributed by atoms with Crippen molar-refractivity contribution in [2.75, 3.05) is 7.05 Å². The van der Waals surface area contributed by atoms with Crippen molar-refractivity contribution in [1.29, 1.82) is 0 Å². The molecule has 112 valence electrons. The molecule has 4 aliphatic heterocycles. The van der Waals surface area contributed by atoms with E-state index in [9.17, 15) is 14.7 Å². The lowest BCUT2D eigenvalue weighted by molar-refractivity contribution is -0.166. The molecule has 2 bridgehead atoms. The third-order valence-electron chi connectivity index (χ3n) is 4.96. The van der Waals surface area contributed by atoms with Crippen LogP contribution in [0.5, 0.6) is 0 Å². The van der Waals surface area contributed by atoms with Gasteiger partial charge in [0.15, 0.2) is 9.74 Å². The maximum Gasteiger partial charge on any atom is 0.262 e. The fraction of sp³-hybridized carbons (Fsp3) is 0.571. The monoisotopic (exact) mass is 324 g/mol. The topological polar surface area (TPSA) is 60.9 Å². The highest BCUT2D eigenvalue weighted by atomic mass is 33.1. The molecule has 7 heteroatoms. The van der Waals surface area contributed by atoms with E-state index in [0.717, 1.165) is 5.57 Å². The van der Waals surface area contributed by atoms with E-state index in [1.807, 2.05) is 19.1 Å². The van der Waals surface area contributed by atoms with Gasteiger partial charge in [-0.25, -0.2) is 0 Å². The van der Waals surface area contributed by atoms with Gasteiger partial charge >= 0.3 is 0 Å². The van der Waals surface area contributed by atoms with Crippen LogP contribution < -0.4 is 0 Å². The van der Waals surface area contributed by atoms with Gasteiger partial charge in [-0.3, -0.25) is 9.59 Å². The minimum absolute atomic E-state index is 0.0183. The Hall–Kier alpha value is -0.920. The summed E-state index contributed by atoms with van der Waals surface area (Å²) in [5.41, 5.74) is 0.974. The molecule has 0 saturated carbocycles. The van der Waals surface area contributed by atoms with Gasteiger partial charge in [0.05, 0.1) is 12.1 Å². The van der Waals surface area contributed by atoms with E-state index in [1.54, 1.807) is 22.9 Å². The van der Waals surface area contributed by atoms with Gasteiger partial charge in [-0.1, -0.05) is 46.7 Å². The Labute approximate surface area is 130 Å². The van der Waals surface area contributed by atoms with Crippen LogP contribution in [-0.2, 0) is 9.59 Å². The van der Waals surface area contributed by atoms with Crippen LogP contribution >= 0.6 is 21.6 Å². The molecule has 5 rings (SSSR count). The molecule has 1 spiro atoms.